The third-order valence-corrected chi connectivity index (χ3v) is 2.33. The summed E-state index contributed by atoms with van der Waals surface area (Å²) in [5.41, 5.74) is 0. The Balaban J connectivity index is 2.21. The molecule has 0 fully saturated rings. The van der Waals surface area contributed by atoms with Crippen LogP contribution in [0.4, 0.5) is 4.79 Å². The van der Waals surface area contributed by atoms with Gasteiger partial charge in [-0.25, -0.2) is 9.59 Å². The molecule has 1 heterocycles. The van der Waals surface area contributed by atoms with E-state index >= 15 is 0 Å². The van der Waals surface area contributed by atoms with Gasteiger partial charge in [-0.3, -0.25) is 4.79 Å². The van der Waals surface area contributed by atoms with Crippen LogP contribution < -0.4 is 16.0 Å². The Morgan fingerprint density at radius 1 is 1.24 bits per heavy atom. The number of ether oxygens (including phenoxy) is 1. The number of carbonyl (C=O) groups is 3. The molecule has 0 saturated carbocycles. The van der Waals surface area contributed by atoms with Gasteiger partial charge in [-0.2, -0.15) is 0 Å². The van der Waals surface area contributed by atoms with Crippen LogP contribution in [0.3, 0.4) is 0 Å². The van der Waals surface area contributed by atoms with Gasteiger partial charge in [0.25, 0.3) is 0 Å². The summed E-state index contributed by atoms with van der Waals surface area (Å²) < 4.78 is 9.71. The summed E-state index contributed by atoms with van der Waals surface area (Å²) in [6.45, 7) is 0.601. The van der Waals surface area contributed by atoms with Crippen molar-refractivity contribution in [2.75, 3.05) is 26.8 Å². The number of urea groups is 1. The molecule has 3 amide bonds. The Kier molecular flexibility index (Phi) is 6.75. The first-order chi connectivity index (χ1) is 10.0. The van der Waals surface area contributed by atoms with Gasteiger partial charge in [-0.1, -0.05) is 0 Å². The molecule has 1 rings (SSSR count). The second kappa shape index (κ2) is 8.59. The quantitative estimate of drug-likeness (QED) is 0.481. The third-order valence-electron chi connectivity index (χ3n) is 2.33. The van der Waals surface area contributed by atoms with E-state index in [1.807, 2.05) is 0 Å². The minimum atomic E-state index is -1.18. The fraction of sp³-hybridized carbons (Fsp3) is 0.417. The van der Waals surface area contributed by atoms with Crippen molar-refractivity contribution < 1.29 is 28.6 Å². The minimum Gasteiger partial charge on any atom is -0.475 e. The van der Waals surface area contributed by atoms with Crippen molar-refractivity contribution in [1.82, 2.24) is 16.0 Å². The topological polar surface area (TPSA) is 130 Å². The summed E-state index contributed by atoms with van der Waals surface area (Å²) in [5.74, 6) is -1.43. The van der Waals surface area contributed by atoms with Gasteiger partial charge in [0.1, 0.15) is 5.76 Å². The summed E-state index contributed by atoms with van der Waals surface area (Å²) in [4.78, 5) is 33.3. The highest BCUT2D eigenvalue weighted by Crippen LogP contribution is 2.07. The molecular formula is C12H17N3O6. The Hall–Kier alpha value is -2.55. The van der Waals surface area contributed by atoms with Crippen molar-refractivity contribution in [3.05, 3.63) is 23.7 Å². The lowest BCUT2D eigenvalue weighted by atomic mass is 10.4. The zero-order valence-corrected chi connectivity index (χ0v) is 11.5. The van der Waals surface area contributed by atoms with Gasteiger partial charge in [-0.15, -0.1) is 0 Å². The van der Waals surface area contributed by atoms with E-state index in [4.69, 9.17) is 14.3 Å². The van der Waals surface area contributed by atoms with Crippen molar-refractivity contribution in [2.24, 2.45) is 0 Å². The van der Waals surface area contributed by atoms with Gasteiger partial charge >= 0.3 is 12.0 Å². The molecule has 0 spiro atoms. The number of carbonyl (C=O) groups excluding carboxylic acids is 2. The standard InChI is InChI=1S/C12H17N3O6/c1-20-5-4-13-10(16)7-15-12(19)14-6-8-2-3-9(21-8)11(17)18/h2-3H,4-7H2,1H3,(H,13,16)(H,17,18)(H2,14,15,19). The Bertz CT molecular complexity index is 499. The van der Waals surface area contributed by atoms with Crippen molar-refractivity contribution in [2.45, 2.75) is 6.54 Å². The van der Waals surface area contributed by atoms with Crippen molar-refractivity contribution >= 4 is 17.9 Å². The molecule has 1 aromatic heterocycles. The maximum absolute atomic E-state index is 11.4. The van der Waals surface area contributed by atoms with Crippen molar-refractivity contribution in [1.29, 1.82) is 0 Å². The highest BCUT2D eigenvalue weighted by Gasteiger charge is 2.10. The lowest BCUT2D eigenvalue weighted by Crippen LogP contribution is -2.42. The van der Waals surface area contributed by atoms with Gasteiger partial charge in [0.15, 0.2) is 0 Å². The number of carboxylic acids is 1. The predicted molar refractivity (Wildman–Crippen MR) is 70.8 cm³/mol. The number of aromatic carboxylic acids is 1. The molecule has 9 nitrogen and oxygen atoms in total. The molecule has 9 heteroatoms. The van der Waals surface area contributed by atoms with Crippen LogP contribution in [0, 0.1) is 0 Å². The number of hydrogen-bond acceptors (Lipinski definition) is 5. The van der Waals surface area contributed by atoms with Crippen molar-refractivity contribution in [3.8, 4) is 0 Å². The van der Waals surface area contributed by atoms with Crippen LogP contribution in [0.5, 0.6) is 0 Å². The fourth-order valence-electron chi connectivity index (χ4n) is 1.33. The Labute approximate surface area is 120 Å². The van der Waals surface area contributed by atoms with Gasteiger partial charge < -0.3 is 30.2 Å². The van der Waals surface area contributed by atoms with Gasteiger partial charge in [0, 0.05) is 13.7 Å². The first-order valence-electron chi connectivity index (χ1n) is 6.12. The SMILES string of the molecule is COCCNC(=O)CNC(=O)NCc1ccc(C(=O)O)o1. The third kappa shape index (κ3) is 6.43. The average molecular weight is 299 g/mol. The van der Waals surface area contributed by atoms with Crippen LogP contribution in [0.1, 0.15) is 16.3 Å². The molecule has 0 radical (unpaired) electrons. The maximum atomic E-state index is 11.4. The fourth-order valence-corrected chi connectivity index (χ4v) is 1.33. The van der Waals surface area contributed by atoms with E-state index in [0.717, 1.165) is 0 Å². The van der Waals surface area contributed by atoms with E-state index in [2.05, 4.69) is 16.0 Å². The first kappa shape index (κ1) is 16.5. The molecule has 0 saturated heterocycles. The lowest BCUT2D eigenvalue weighted by Gasteiger charge is -2.07. The molecule has 0 aliphatic rings. The van der Waals surface area contributed by atoms with E-state index < -0.39 is 12.0 Å². The number of furan rings is 1. The molecule has 0 atom stereocenters. The van der Waals surface area contributed by atoms with Crippen LogP contribution in [-0.4, -0.2) is 49.8 Å². The zero-order chi connectivity index (χ0) is 15.7. The minimum absolute atomic E-state index is 0.0183. The van der Waals surface area contributed by atoms with Gasteiger partial charge in [-0.05, 0) is 12.1 Å². The molecule has 116 valence electrons. The average Bonchev–Trinajstić information content (AvgIpc) is 2.92. The molecule has 0 aromatic carbocycles. The van der Waals surface area contributed by atoms with Gasteiger partial charge in [0.05, 0.1) is 19.7 Å². The van der Waals surface area contributed by atoms with E-state index in [-0.39, 0.29) is 24.8 Å². The largest absolute Gasteiger partial charge is 0.475 e. The summed E-state index contributed by atoms with van der Waals surface area (Å²) >= 11 is 0. The first-order valence-corrected chi connectivity index (χ1v) is 6.12. The second-order valence-electron chi connectivity index (χ2n) is 3.95. The number of nitrogens with one attached hydrogen (secondary N) is 3. The van der Waals surface area contributed by atoms with Crippen LogP contribution in [0.2, 0.25) is 0 Å². The molecular weight excluding hydrogens is 282 g/mol. The second-order valence-corrected chi connectivity index (χ2v) is 3.95. The van der Waals surface area contributed by atoms with Gasteiger partial charge in [0.2, 0.25) is 11.7 Å². The predicted octanol–water partition coefficient (Wildman–Crippen LogP) is -0.460. The Morgan fingerprint density at radius 2 is 2.00 bits per heavy atom. The number of rotatable bonds is 8. The van der Waals surface area contributed by atoms with E-state index in [1.165, 1.54) is 19.2 Å². The van der Waals surface area contributed by atoms with Crippen LogP contribution >= 0.6 is 0 Å². The number of amides is 3. The summed E-state index contributed by atoms with van der Waals surface area (Å²) in [6.07, 6.45) is 0. The zero-order valence-electron chi connectivity index (χ0n) is 11.5. The molecule has 1 aromatic rings. The smallest absolute Gasteiger partial charge is 0.371 e. The number of hydrogen-bond donors (Lipinski definition) is 4. The summed E-state index contributed by atoms with van der Waals surface area (Å²) in [5, 5.41) is 16.0. The maximum Gasteiger partial charge on any atom is 0.371 e. The van der Waals surface area contributed by atoms with Crippen molar-refractivity contribution in [3.63, 3.8) is 0 Å². The van der Waals surface area contributed by atoms with Crippen LogP contribution in [0.25, 0.3) is 0 Å². The molecule has 0 unspecified atom stereocenters. The molecule has 0 aliphatic heterocycles. The van der Waals surface area contributed by atoms with E-state index in [0.29, 0.717) is 18.9 Å². The molecule has 0 aliphatic carbocycles. The van der Waals surface area contributed by atoms with E-state index in [1.54, 1.807) is 0 Å². The lowest BCUT2D eigenvalue weighted by molar-refractivity contribution is -0.120. The number of methoxy groups -OCH3 is 1. The normalized spacial score (nSPS) is 9.95. The number of carboxylic acid groups (broad SMARTS) is 1. The molecule has 0 bridgehead atoms. The Morgan fingerprint density at radius 3 is 2.62 bits per heavy atom. The monoisotopic (exact) mass is 299 g/mol. The summed E-state index contributed by atoms with van der Waals surface area (Å²) in [6, 6.07) is 2.17. The highest BCUT2D eigenvalue weighted by atomic mass is 16.5. The van der Waals surface area contributed by atoms with E-state index in [9.17, 15) is 14.4 Å². The van der Waals surface area contributed by atoms with Crippen LogP contribution in [0.15, 0.2) is 16.5 Å². The summed E-state index contributed by atoms with van der Waals surface area (Å²) in [7, 11) is 1.52. The molecule has 21 heavy (non-hydrogen) atoms. The highest BCUT2D eigenvalue weighted by molar-refractivity contribution is 5.84. The van der Waals surface area contributed by atoms with Crippen LogP contribution in [-0.2, 0) is 16.1 Å². The molecule has 4 N–H and O–H groups in total.